The Morgan fingerprint density at radius 1 is 1.05 bits per heavy atom. The topological polar surface area (TPSA) is 142 Å². The second-order valence-electron chi connectivity index (χ2n) is 10.3. The Balaban J connectivity index is 1.22. The largest absolute Gasteiger partial charge is 0.497 e. The van der Waals surface area contributed by atoms with E-state index >= 15 is 0 Å². The highest BCUT2D eigenvalue weighted by Crippen LogP contribution is 2.35. The summed E-state index contributed by atoms with van der Waals surface area (Å²) in [5.74, 6) is 0.781. The number of piperazine rings is 1. The number of pyridine rings is 2. The molecular weight excluding hydrogens is 526 g/mol. The molecule has 4 aromatic rings. The molecule has 1 atom stereocenters. The summed E-state index contributed by atoms with van der Waals surface area (Å²) in [5, 5.41) is 8.38. The number of rotatable bonds is 6. The first-order valence-electron chi connectivity index (χ1n) is 13.4. The molecule has 2 fully saturated rings. The van der Waals surface area contributed by atoms with Crippen molar-refractivity contribution >= 4 is 34.8 Å². The molecule has 3 aromatic heterocycles. The minimum atomic E-state index is -1.62. The molecule has 3 aliphatic rings. The molecule has 0 saturated carbocycles. The van der Waals surface area contributed by atoms with Gasteiger partial charge in [0.15, 0.2) is 11.1 Å². The number of hydrogen-bond donors (Lipinski definition) is 3. The number of carbonyl (C=O) groups is 3. The molecule has 0 aliphatic carbocycles. The number of aromatic nitrogens is 2. The molecule has 0 spiro atoms. The molecule has 41 heavy (non-hydrogen) atoms. The van der Waals surface area contributed by atoms with Crippen LogP contribution in [0.1, 0.15) is 21.7 Å². The number of ether oxygens (including phenoxy) is 1. The van der Waals surface area contributed by atoms with Crippen LogP contribution in [-0.4, -0.2) is 72.5 Å². The third-order valence-corrected chi connectivity index (χ3v) is 7.84. The highest BCUT2D eigenvalue weighted by atomic mass is 16.5. The number of urea groups is 1. The van der Waals surface area contributed by atoms with Gasteiger partial charge in [0.2, 0.25) is 0 Å². The van der Waals surface area contributed by atoms with Crippen LogP contribution in [0.2, 0.25) is 0 Å². The van der Waals surface area contributed by atoms with Crippen LogP contribution in [0.25, 0.3) is 22.4 Å². The van der Waals surface area contributed by atoms with Crippen LogP contribution in [0, 0.1) is 0 Å². The van der Waals surface area contributed by atoms with Crippen LogP contribution in [-0.2, 0) is 16.9 Å². The van der Waals surface area contributed by atoms with E-state index in [0.717, 1.165) is 48.8 Å². The molecule has 4 amide bonds. The van der Waals surface area contributed by atoms with E-state index in [1.165, 1.54) is 12.0 Å². The van der Waals surface area contributed by atoms with Crippen molar-refractivity contribution in [2.24, 2.45) is 0 Å². The van der Waals surface area contributed by atoms with Crippen LogP contribution < -0.4 is 25.6 Å². The van der Waals surface area contributed by atoms with Gasteiger partial charge in [0.05, 0.1) is 19.3 Å². The first-order valence-corrected chi connectivity index (χ1v) is 13.4. The number of anilines is 1. The van der Waals surface area contributed by atoms with Crippen molar-refractivity contribution in [2.75, 3.05) is 44.7 Å². The van der Waals surface area contributed by atoms with Gasteiger partial charge in [-0.1, -0.05) is 6.07 Å². The van der Waals surface area contributed by atoms with E-state index in [-0.39, 0.29) is 24.8 Å². The number of hydrogen-bond acceptors (Lipinski definition) is 9. The SMILES string of the molecule is COc1ccc2c(c1)C(=O)N(CC1(c3cc4nc(-c5ccnc(N6CCNCC6)c5)ccc4o3)NC(=O)NC1=O)C2. The molecule has 3 N–H and O–H groups in total. The molecule has 1 unspecified atom stereocenters. The zero-order chi connectivity index (χ0) is 28.1. The van der Waals surface area contributed by atoms with Gasteiger partial charge in [-0.2, -0.15) is 0 Å². The van der Waals surface area contributed by atoms with Gasteiger partial charge >= 0.3 is 6.03 Å². The minimum Gasteiger partial charge on any atom is -0.497 e. The van der Waals surface area contributed by atoms with E-state index in [0.29, 0.717) is 22.4 Å². The standard InChI is InChI=1S/C29H27N7O5/c1-40-19-3-2-18-15-36(26(37)20(18)13-19)16-29(27(38)33-28(39)34-29)24-14-22-23(41-24)5-4-21(32-22)17-6-7-31-25(12-17)35-10-8-30-9-11-35/h2-7,12-14,30H,8-11,15-16H2,1H3,(H2,33,34,38,39). The lowest BCUT2D eigenvalue weighted by molar-refractivity contribution is -0.125. The van der Waals surface area contributed by atoms with Crippen molar-refractivity contribution in [2.45, 2.75) is 12.1 Å². The number of carbonyl (C=O) groups excluding carboxylic acids is 3. The highest BCUT2D eigenvalue weighted by Gasteiger charge is 2.53. The lowest BCUT2D eigenvalue weighted by Crippen LogP contribution is -2.52. The third-order valence-electron chi connectivity index (χ3n) is 7.84. The molecule has 12 heteroatoms. The Hall–Kier alpha value is -4.97. The average molecular weight is 554 g/mol. The molecular formula is C29H27N7O5. The lowest BCUT2D eigenvalue weighted by atomic mass is 9.95. The quantitative estimate of drug-likeness (QED) is 0.306. The van der Waals surface area contributed by atoms with Crippen molar-refractivity contribution in [3.63, 3.8) is 0 Å². The maximum atomic E-state index is 13.3. The number of methoxy groups -OCH3 is 1. The van der Waals surface area contributed by atoms with Crippen LogP contribution in [0.4, 0.5) is 10.6 Å². The van der Waals surface area contributed by atoms with Gasteiger partial charge in [0.25, 0.3) is 11.8 Å². The fraction of sp³-hybridized carbons (Fsp3) is 0.276. The Morgan fingerprint density at radius 3 is 2.68 bits per heavy atom. The molecule has 2 saturated heterocycles. The Bertz CT molecular complexity index is 1710. The van der Waals surface area contributed by atoms with Gasteiger partial charge < -0.3 is 29.6 Å². The predicted molar refractivity (Wildman–Crippen MR) is 148 cm³/mol. The van der Waals surface area contributed by atoms with Gasteiger partial charge in [0.1, 0.15) is 22.8 Å². The smallest absolute Gasteiger partial charge is 0.322 e. The van der Waals surface area contributed by atoms with E-state index in [1.54, 1.807) is 30.5 Å². The number of nitrogens with zero attached hydrogens (tertiary/aromatic N) is 4. The number of amides is 4. The normalized spacial score (nSPS) is 20.4. The summed E-state index contributed by atoms with van der Waals surface area (Å²) in [7, 11) is 1.54. The van der Waals surface area contributed by atoms with E-state index in [4.69, 9.17) is 14.1 Å². The maximum Gasteiger partial charge on any atom is 0.322 e. The van der Waals surface area contributed by atoms with Crippen LogP contribution in [0.5, 0.6) is 5.75 Å². The molecule has 6 heterocycles. The molecule has 0 radical (unpaired) electrons. The van der Waals surface area contributed by atoms with Crippen molar-refractivity contribution < 1.29 is 23.5 Å². The second-order valence-corrected chi connectivity index (χ2v) is 10.3. The first kappa shape index (κ1) is 25.0. The summed E-state index contributed by atoms with van der Waals surface area (Å²) in [6, 6.07) is 13.8. The first-order chi connectivity index (χ1) is 19.9. The Morgan fingerprint density at radius 2 is 1.90 bits per heavy atom. The number of furan rings is 1. The monoisotopic (exact) mass is 553 g/mol. The van der Waals surface area contributed by atoms with E-state index in [2.05, 4.69) is 25.8 Å². The van der Waals surface area contributed by atoms with E-state index in [1.807, 2.05) is 24.3 Å². The zero-order valence-corrected chi connectivity index (χ0v) is 22.3. The summed E-state index contributed by atoms with van der Waals surface area (Å²) in [6.07, 6.45) is 1.77. The molecule has 1 aromatic carbocycles. The maximum absolute atomic E-state index is 13.3. The Kier molecular flexibility index (Phi) is 5.86. The number of nitrogens with one attached hydrogen (secondary N) is 3. The fourth-order valence-corrected chi connectivity index (χ4v) is 5.68. The highest BCUT2D eigenvalue weighted by molar-refractivity contribution is 6.08. The van der Waals surface area contributed by atoms with E-state index in [9.17, 15) is 14.4 Å². The van der Waals surface area contributed by atoms with Crippen molar-refractivity contribution in [3.8, 4) is 17.0 Å². The van der Waals surface area contributed by atoms with Crippen molar-refractivity contribution in [1.82, 2.24) is 30.8 Å². The number of fused-ring (bicyclic) bond motifs is 2. The van der Waals surface area contributed by atoms with Crippen molar-refractivity contribution in [1.29, 1.82) is 0 Å². The summed E-state index contributed by atoms with van der Waals surface area (Å²) >= 11 is 0. The number of benzene rings is 1. The summed E-state index contributed by atoms with van der Waals surface area (Å²) in [6.45, 7) is 3.73. The molecule has 208 valence electrons. The molecule has 3 aliphatic heterocycles. The number of imide groups is 1. The van der Waals surface area contributed by atoms with E-state index < -0.39 is 17.5 Å². The minimum absolute atomic E-state index is 0.120. The lowest BCUT2D eigenvalue weighted by Gasteiger charge is -2.28. The van der Waals surface area contributed by atoms with Crippen LogP contribution >= 0.6 is 0 Å². The predicted octanol–water partition coefficient (Wildman–Crippen LogP) is 2.00. The van der Waals surface area contributed by atoms with Crippen molar-refractivity contribution in [3.05, 3.63) is 71.6 Å². The fourth-order valence-electron chi connectivity index (χ4n) is 5.68. The van der Waals surface area contributed by atoms with Gasteiger partial charge in [-0.05, 0) is 42.0 Å². The molecule has 0 bridgehead atoms. The van der Waals surface area contributed by atoms with Gasteiger partial charge in [-0.15, -0.1) is 0 Å². The zero-order valence-electron chi connectivity index (χ0n) is 22.3. The average Bonchev–Trinajstić information content (AvgIpc) is 3.66. The Labute approximate surface area is 234 Å². The van der Waals surface area contributed by atoms with Gasteiger partial charge in [-0.3, -0.25) is 14.9 Å². The van der Waals surface area contributed by atoms with Crippen LogP contribution in [0.3, 0.4) is 0 Å². The van der Waals surface area contributed by atoms with Gasteiger partial charge in [0, 0.05) is 56.1 Å². The summed E-state index contributed by atoms with van der Waals surface area (Å²) in [5.41, 5.74) is 2.28. The summed E-state index contributed by atoms with van der Waals surface area (Å²) in [4.78, 5) is 52.1. The van der Waals surface area contributed by atoms with Crippen LogP contribution in [0.15, 0.2) is 59.1 Å². The van der Waals surface area contributed by atoms with Gasteiger partial charge in [-0.25, -0.2) is 14.8 Å². The third kappa shape index (κ3) is 4.23. The molecule has 7 rings (SSSR count). The molecule has 12 nitrogen and oxygen atoms in total. The second kappa shape index (κ2) is 9.59. The summed E-state index contributed by atoms with van der Waals surface area (Å²) < 4.78 is 11.4.